The first-order valence-corrected chi connectivity index (χ1v) is 5.68. The van der Waals surface area contributed by atoms with E-state index in [9.17, 15) is 0 Å². The Bertz CT molecular complexity index is 128. The molecule has 0 bridgehead atoms. The van der Waals surface area contributed by atoms with Crippen molar-refractivity contribution in [1.29, 1.82) is 0 Å². The monoisotopic (exact) mass is 184 g/mol. The Morgan fingerprint density at radius 3 is 2.62 bits per heavy atom. The van der Waals surface area contributed by atoms with Crippen LogP contribution in [0, 0.1) is 0 Å². The predicted octanol–water partition coefficient (Wildman–Crippen LogP) is 1.91. The molecule has 0 aromatic rings. The molecule has 0 radical (unpaired) electrons. The van der Waals surface area contributed by atoms with Gasteiger partial charge in [0.25, 0.3) is 0 Å². The fraction of sp³-hybridized carbons (Fsp3) is 1.00. The summed E-state index contributed by atoms with van der Waals surface area (Å²) < 4.78 is 0. The van der Waals surface area contributed by atoms with Gasteiger partial charge in [0.2, 0.25) is 0 Å². The highest BCUT2D eigenvalue weighted by molar-refractivity contribution is 4.77. The van der Waals surface area contributed by atoms with E-state index in [4.69, 9.17) is 0 Å². The van der Waals surface area contributed by atoms with Crippen molar-refractivity contribution < 1.29 is 0 Å². The number of hydrogen-bond donors (Lipinski definition) is 2. The molecule has 2 atom stereocenters. The van der Waals surface area contributed by atoms with Crippen molar-refractivity contribution in [1.82, 2.24) is 10.6 Å². The summed E-state index contributed by atoms with van der Waals surface area (Å²) >= 11 is 0. The number of piperidine rings is 1. The Morgan fingerprint density at radius 2 is 2.08 bits per heavy atom. The summed E-state index contributed by atoms with van der Waals surface area (Å²) in [5.74, 6) is 0. The average molecular weight is 184 g/mol. The van der Waals surface area contributed by atoms with E-state index in [1.54, 1.807) is 0 Å². The predicted molar refractivity (Wildman–Crippen MR) is 58.0 cm³/mol. The molecule has 2 nitrogen and oxygen atoms in total. The van der Waals surface area contributed by atoms with Gasteiger partial charge in [-0.05, 0) is 32.7 Å². The van der Waals surface area contributed by atoms with Gasteiger partial charge < -0.3 is 10.6 Å². The van der Waals surface area contributed by atoms with E-state index < -0.39 is 0 Å². The second-order valence-corrected chi connectivity index (χ2v) is 4.60. The summed E-state index contributed by atoms with van der Waals surface area (Å²) in [4.78, 5) is 0. The molecule has 2 heteroatoms. The molecular weight excluding hydrogens is 160 g/mol. The van der Waals surface area contributed by atoms with Crippen molar-refractivity contribution in [3.8, 4) is 0 Å². The zero-order valence-electron chi connectivity index (χ0n) is 9.27. The van der Waals surface area contributed by atoms with Crippen LogP contribution in [0.3, 0.4) is 0 Å². The van der Waals surface area contributed by atoms with Gasteiger partial charge in [-0.25, -0.2) is 0 Å². The van der Waals surface area contributed by atoms with E-state index in [0.717, 1.165) is 6.04 Å². The second kappa shape index (κ2) is 5.61. The summed E-state index contributed by atoms with van der Waals surface area (Å²) in [6.45, 7) is 7.94. The molecule has 0 aromatic carbocycles. The molecular formula is C11H24N2. The Hall–Kier alpha value is -0.0800. The zero-order valence-corrected chi connectivity index (χ0v) is 9.27. The van der Waals surface area contributed by atoms with Gasteiger partial charge in [-0.1, -0.05) is 20.3 Å². The fourth-order valence-corrected chi connectivity index (χ4v) is 2.19. The van der Waals surface area contributed by atoms with Crippen LogP contribution in [0.5, 0.6) is 0 Å². The number of hydrogen-bond acceptors (Lipinski definition) is 2. The fourth-order valence-electron chi connectivity index (χ4n) is 2.19. The van der Waals surface area contributed by atoms with Gasteiger partial charge in [0.15, 0.2) is 0 Å². The summed E-state index contributed by atoms with van der Waals surface area (Å²) in [6, 6.07) is 2.02. The van der Waals surface area contributed by atoms with Crippen molar-refractivity contribution in [3.05, 3.63) is 0 Å². The van der Waals surface area contributed by atoms with Crippen molar-refractivity contribution in [2.24, 2.45) is 0 Å². The van der Waals surface area contributed by atoms with Crippen LogP contribution in [-0.2, 0) is 0 Å². The van der Waals surface area contributed by atoms with Crippen LogP contribution in [0.2, 0.25) is 0 Å². The maximum atomic E-state index is 3.58. The van der Waals surface area contributed by atoms with Gasteiger partial charge in [-0.2, -0.15) is 0 Å². The second-order valence-electron chi connectivity index (χ2n) is 4.60. The minimum atomic E-state index is 0.610. The molecule has 1 heterocycles. The summed E-state index contributed by atoms with van der Waals surface area (Å²) in [5.41, 5.74) is 0. The van der Waals surface area contributed by atoms with Gasteiger partial charge in [-0.15, -0.1) is 0 Å². The molecule has 1 aliphatic rings. The molecule has 1 aliphatic heterocycles. The lowest BCUT2D eigenvalue weighted by Crippen LogP contribution is -2.41. The van der Waals surface area contributed by atoms with Crippen LogP contribution in [0.15, 0.2) is 0 Å². The molecule has 0 aliphatic carbocycles. The van der Waals surface area contributed by atoms with Crippen LogP contribution in [0.25, 0.3) is 0 Å². The normalized spacial score (nSPS) is 26.3. The molecule has 0 amide bonds. The lowest BCUT2D eigenvalue weighted by atomic mass is 9.98. The van der Waals surface area contributed by atoms with E-state index in [-0.39, 0.29) is 0 Å². The molecule has 1 fully saturated rings. The van der Waals surface area contributed by atoms with Gasteiger partial charge >= 0.3 is 0 Å². The molecule has 0 spiro atoms. The van der Waals surface area contributed by atoms with Gasteiger partial charge in [0, 0.05) is 18.1 Å². The molecule has 13 heavy (non-hydrogen) atoms. The van der Waals surface area contributed by atoms with Crippen molar-refractivity contribution in [3.63, 3.8) is 0 Å². The third-order valence-electron chi connectivity index (χ3n) is 2.67. The molecule has 0 saturated carbocycles. The van der Waals surface area contributed by atoms with E-state index in [1.165, 1.54) is 32.2 Å². The minimum absolute atomic E-state index is 0.610. The van der Waals surface area contributed by atoms with Crippen molar-refractivity contribution in [2.45, 2.75) is 64.6 Å². The number of rotatable bonds is 4. The number of nitrogens with one attached hydrogen (secondary N) is 2. The smallest absolute Gasteiger partial charge is 0.00817 e. The molecule has 0 aromatic heterocycles. The molecule has 78 valence electrons. The Kier molecular flexibility index (Phi) is 4.74. The zero-order chi connectivity index (χ0) is 9.68. The summed E-state index contributed by atoms with van der Waals surface area (Å²) in [7, 11) is 0. The van der Waals surface area contributed by atoms with E-state index in [1.807, 2.05) is 0 Å². The van der Waals surface area contributed by atoms with E-state index in [2.05, 4.69) is 31.4 Å². The lowest BCUT2D eigenvalue weighted by molar-refractivity contribution is 0.336. The lowest BCUT2D eigenvalue weighted by Gasteiger charge is -2.27. The minimum Gasteiger partial charge on any atom is -0.314 e. The van der Waals surface area contributed by atoms with Crippen LogP contribution in [0.4, 0.5) is 0 Å². The SMILES string of the molecule is CC(C)NC(C)CC1CCCCN1. The first-order valence-electron chi connectivity index (χ1n) is 5.68. The summed E-state index contributed by atoms with van der Waals surface area (Å²) in [6.07, 6.45) is 5.41. The van der Waals surface area contributed by atoms with Crippen LogP contribution >= 0.6 is 0 Å². The maximum absolute atomic E-state index is 3.58. The Labute approximate surface area is 82.5 Å². The Balaban J connectivity index is 2.14. The summed E-state index contributed by atoms with van der Waals surface area (Å²) in [5, 5.41) is 7.13. The molecule has 1 saturated heterocycles. The van der Waals surface area contributed by atoms with Crippen LogP contribution < -0.4 is 10.6 Å². The van der Waals surface area contributed by atoms with Crippen LogP contribution in [-0.4, -0.2) is 24.7 Å². The Morgan fingerprint density at radius 1 is 1.31 bits per heavy atom. The molecule has 1 rings (SSSR count). The average Bonchev–Trinajstić information content (AvgIpc) is 2.04. The van der Waals surface area contributed by atoms with Gasteiger partial charge in [0.05, 0.1) is 0 Å². The highest BCUT2D eigenvalue weighted by Gasteiger charge is 2.15. The third kappa shape index (κ3) is 4.63. The van der Waals surface area contributed by atoms with Crippen LogP contribution in [0.1, 0.15) is 46.5 Å². The third-order valence-corrected chi connectivity index (χ3v) is 2.67. The van der Waals surface area contributed by atoms with Crippen molar-refractivity contribution >= 4 is 0 Å². The van der Waals surface area contributed by atoms with Crippen molar-refractivity contribution in [2.75, 3.05) is 6.54 Å². The van der Waals surface area contributed by atoms with E-state index >= 15 is 0 Å². The molecule has 2 N–H and O–H groups in total. The highest BCUT2D eigenvalue weighted by atomic mass is 15.0. The first kappa shape index (κ1) is 11.0. The highest BCUT2D eigenvalue weighted by Crippen LogP contribution is 2.11. The largest absolute Gasteiger partial charge is 0.314 e. The first-order chi connectivity index (χ1) is 6.18. The quantitative estimate of drug-likeness (QED) is 0.697. The van der Waals surface area contributed by atoms with Gasteiger partial charge in [0.1, 0.15) is 0 Å². The standard InChI is InChI=1S/C11H24N2/c1-9(2)13-10(3)8-11-6-4-5-7-12-11/h9-13H,4-8H2,1-3H3. The topological polar surface area (TPSA) is 24.1 Å². The van der Waals surface area contributed by atoms with E-state index in [0.29, 0.717) is 12.1 Å². The van der Waals surface area contributed by atoms with Gasteiger partial charge in [-0.3, -0.25) is 0 Å². The maximum Gasteiger partial charge on any atom is 0.00817 e. The molecule has 2 unspecified atom stereocenters.